The summed E-state index contributed by atoms with van der Waals surface area (Å²) in [7, 11) is 1.73. The molecule has 2 aromatic rings. The van der Waals surface area contributed by atoms with Gasteiger partial charge in [-0.25, -0.2) is 0 Å². The molecule has 33 heavy (non-hydrogen) atoms. The fourth-order valence-electron chi connectivity index (χ4n) is 4.59. The SMILES string of the molecule is CCc1c(O)c(CC)c(CN(CC)CCOc2cc(C)c(O)cc2C(C)C)c(OC)c1CC. The molecular formula is C28H43NO4. The van der Waals surface area contributed by atoms with Gasteiger partial charge in [0.2, 0.25) is 0 Å². The molecule has 5 heteroatoms. The first-order valence-electron chi connectivity index (χ1n) is 12.3. The molecule has 0 spiro atoms. The maximum absolute atomic E-state index is 11.0. The highest BCUT2D eigenvalue weighted by Gasteiger charge is 2.23. The lowest BCUT2D eigenvalue weighted by Crippen LogP contribution is -2.29. The number of ether oxygens (including phenoxy) is 2. The third-order valence-corrected chi connectivity index (χ3v) is 6.56. The van der Waals surface area contributed by atoms with E-state index in [2.05, 4.69) is 46.4 Å². The third kappa shape index (κ3) is 5.94. The zero-order chi connectivity index (χ0) is 24.7. The van der Waals surface area contributed by atoms with Gasteiger partial charge in [0, 0.05) is 40.9 Å². The van der Waals surface area contributed by atoms with E-state index in [0.717, 1.165) is 77.2 Å². The fraction of sp³-hybridized carbons (Fsp3) is 0.571. The largest absolute Gasteiger partial charge is 0.508 e. The number of rotatable bonds is 12. The minimum atomic E-state index is 0.262. The quantitative estimate of drug-likeness (QED) is 0.402. The molecule has 0 aliphatic heterocycles. The first-order valence-corrected chi connectivity index (χ1v) is 12.3. The van der Waals surface area contributed by atoms with E-state index in [9.17, 15) is 10.2 Å². The monoisotopic (exact) mass is 457 g/mol. The van der Waals surface area contributed by atoms with Crippen LogP contribution in [0.4, 0.5) is 0 Å². The summed E-state index contributed by atoms with van der Waals surface area (Å²) in [4.78, 5) is 2.32. The first-order chi connectivity index (χ1) is 15.7. The molecule has 0 fully saturated rings. The van der Waals surface area contributed by atoms with Crippen molar-refractivity contribution in [1.82, 2.24) is 4.90 Å². The van der Waals surface area contributed by atoms with E-state index >= 15 is 0 Å². The second-order valence-corrected chi connectivity index (χ2v) is 8.91. The van der Waals surface area contributed by atoms with Crippen molar-refractivity contribution >= 4 is 0 Å². The zero-order valence-corrected chi connectivity index (χ0v) is 21.8. The zero-order valence-electron chi connectivity index (χ0n) is 21.8. The summed E-state index contributed by atoms with van der Waals surface area (Å²) >= 11 is 0. The lowest BCUT2D eigenvalue weighted by atomic mass is 9.91. The summed E-state index contributed by atoms with van der Waals surface area (Å²) in [5.41, 5.74) is 6.01. The molecule has 5 nitrogen and oxygen atoms in total. The molecule has 0 radical (unpaired) electrons. The number of phenolic OH excluding ortho intramolecular Hbond substituents is 2. The van der Waals surface area contributed by atoms with Crippen molar-refractivity contribution in [2.45, 2.75) is 80.2 Å². The molecule has 184 valence electrons. The Hall–Kier alpha value is -2.40. The molecule has 0 unspecified atom stereocenters. The third-order valence-electron chi connectivity index (χ3n) is 6.56. The Morgan fingerprint density at radius 2 is 1.52 bits per heavy atom. The average Bonchev–Trinajstić information content (AvgIpc) is 2.79. The van der Waals surface area contributed by atoms with Crippen LogP contribution in [-0.2, 0) is 25.8 Å². The lowest BCUT2D eigenvalue weighted by Gasteiger charge is -2.27. The van der Waals surface area contributed by atoms with Crippen LogP contribution in [0.3, 0.4) is 0 Å². The molecule has 2 aromatic carbocycles. The maximum atomic E-state index is 11.0. The van der Waals surface area contributed by atoms with Gasteiger partial charge in [-0.3, -0.25) is 4.90 Å². The van der Waals surface area contributed by atoms with Gasteiger partial charge in [-0.05, 0) is 56.3 Å². The van der Waals surface area contributed by atoms with Crippen LogP contribution in [0, 0.1) is 6.92 Å². The number of benzene rings is 2. The highest BCUT2D eigenvalue weighted by Crippen LogP contribution is 2.40. The molecule has 0 aliphatic carbocycles. The standard InChI is InChI=1S/C28H43NO4/c1-9-20-22(11-3)28(32-8)24(21(10-2)27(20)31)17-29(12-4)13-14-33-26-15-19(7)25(30)16-23(26)18(5)6/h15-16,18,30-31H,9-14,17H2,1-8H3. The number of phenols is 2. The maximum Gasteiger partial charge on any atom is 0.127 e. The van der Waals surface area contributed by atoms with E-state index in [-0.39, 0.29) is 5.92 Å². The Bertz CT molecular complexity index is 936. The van der Waals surface area contributed by atoms with E-state index in [1.165, 1.54) is 0 Å². The molecule has 0 bridgehead atoms. The van der Waals surface area contributed by atoms with Gasteiger partial charge in [-0.2, -0.15) is 0 Å². The topological polar surface area (TPSA) is 62.2 Å². The predicted molar refractivity (Wildman–Crippen MR) is 136 cm³/mol. The highest BCUT2D eigenvalue weighted by atomic mass is 16.5. The molecule has 0 atom stereocenters. The van der Waals surface area contributed by atoms with Crippen molar-refractivity contribution in [2.75, 3.05) is 26.8 Å². The number of methoxy groups -OCH3 is 1. The predicted octanol–water partition coefficient (Wildman–Crippen LogP) is 6.13. The van der Waals surface area contributed by atoms with Crippen molar-refractivity contribution in [3.8, 4) is 23.0 Å². The number of hydrogen-bond acceptors (Lipinski definition) is 5. The first kappa shape index (κ1) is 26.8. The Balaban J connectivity index is 2.27. The van der Waals surface area contributed by atoms with Gasteiger partial charge >= 0.3 is 0 Å². The summed E-state index contributed by atoms with van der Waals surface area (Å²) in [6.07, 6.45) is 2.37. The second kappa shape index (κ2) is 12.2. The van der Waals surface area contributed by atoms with Crippen LogP contribution in [0.5, 0.6) is 23.0 Å². The van der Waals surface area contributed by atoms with E-state index < -0.39 is 0 Å². The molecule has 0 saturated carbocycles. The summed E-state index contributed by atoms with van der Waals surface area (Å²) in [6.45, 7) is 17.4. The molecular weight excluding hydrogens is 414 g/mol. The Labute approximate surface area is 200 Å². The molecule has 0 saturated heterocycles. The van der Waals surface area contributed by atoms with Crippen LogP contribution < -0.4 is 9.47 Å². The molecule has 2 rings (SSSR count). The van der Waals surface area contributed by atoms with Crippen molar-refractivity contribution in [1.29, 1.82) is 0 Å². The number of aromatic hydroxyl groups is 2. The number of aryl methyl sites for hydroxylation is 1. The summed E-state index contributed by atoms with van der Waals surface area (Å²) in [5.74, 6) is 2.75. The molecule has 0 heterocycles. The van der Waals surface area contributed by atoms with Gasteiger partial charge in [-0.1, -0.05) is 41.5 Å². The fourth-order valence-corrected chi connectivity index (χ4v) is 4.59. The van der Waals surface area contributed by atoms with Gasteiger partial charge in [0.25, 0.3) is 0 Å². The van der Waals surface area contributed by atoms with Crippen LogP contribution in [0.25, 0.3) is 0 Å². The van der Waals surface area contributed by atoms with Gasteiger partial charge in [0.05, 0.1) is 7.11 Å². The van der Waals surface area contributed by atoms with Crippen molar-refractivity contribution < 1.29 is 19.7 Å². The van der Waals surface area contributed by atoms with E-state index in [1.807, 2.05) is 19.1 Å². The van der Waals surface area contributed by atoms with Gasteiger partial charge < -0.3 is 19.7 Å². The number of hydrogen-bond donors (Lipinski definition) is 2. The molecule has 0 amide bonds. The summed E-state index contributed by atoms with van der Waals surface area (Å²) in [5, 5.41) is 21.1. The van der Waals surface area contributed by atoms with Crippen LogP contribution in [-0.4, -0.2) is 41.9 Å². The van der Waals surface area contributed by atoms with Crippen molar-refractivity contribution in [3.05, 3.63) is 45.5 Å². The van der Waals surface area contributed by atoms with Crippen LogP contribution >= 0.6 is 0 Å². The number of likely N-dealkylation sites (N-methyl/N-ethyl adjacent to an activating group) is 1. The van der Waals surface area contributed by atoms with Gasteiger partial charge in [-0.15, -0.1) is 0 Å². The van der Waals surface area contributed by atoms with Crippen LogP contribution in [0.1, 0.15) is 80.8 Å². The van der Waals surface area contributed by atoms with Gasteiger partial charge in [0.15, 0.2) is 0 Å². The average molecular weight is 458 g/mol. The van der Waals surface area contributed by atoms with Crippen LogP contribution in [0.2, 0.25) is 0 Å². The Morgan fingerprint density at radius 1 is 0.909 bits per heavy atom. The summed E-state index contributed by atoms with van der Waals surface area (Å²) < 4.78 is 12.1. The minimum absolute atomic E-state index is 0.262. The highest BCUT2D eigenvalue weighted by molar-refractivity contribution is 5.59. The van der Waals surface area contributed by atoms with Crippen LogP contribution in [0.15, 0.2) is 12.1 Å². The normalized spacial score (nSPS) is 11.5. The molecule has 0 aliphatic rings. The van der Waals surface area contributed by atoms with E-state index in [0.29, 0.717) is 24.7 Å². The molecule has 0 aromatic heterocycles. The van der Waals surface area contributed by atoms with Crippen molar-refractivity contribution in [2.24, 2.45) is 0 Å². The Kier molecular flexibility index (Phi) is 9.90. The van der Waals surface area contributed by atoms with Crippen molar-refractivity contribution in [3.63, 3.8) is 0 Å². The Morgan fingerprint density at radius 3 is 2.03 bits per heavy atom. The summed E-state index contributed by atoms with van der Waals surface area (Å²) in [6, 6.07) is 3.74. The van der Waals surface area contributed by atoms with Gasteiger partial charge in [0.1, 0.15) is 29.6 Å². The van der Waals surface area contributed by atoms with E-state index in [4.69, 9.17) is 9.47 Å². The number of nitrogens with zero attached hydrogens (tertiary/aromatic N) is 1. The van der Waals surface area contributed by atoms with E-state index in [1.54, 1.807) is 7.11 Å². The second-order valence-electron chi connectivity index (χ2n) is 8.91. The molecule has 2 N–H and O–H groups in total. The lowest BCUT2D eigenvalue weighted by molar-refractivity contribution is 0.206. The smallest absolute Gasteiger partial charge is 0.127 e. The minimum Gasteiger partial charge on any atom is -0.508 e.